The molecule has 4 aromatic carbocycles. The van der Waals surface area contributed by atoms with Crippen molar-refractivity contribution < 1.29 is 0 Å². The summed E-state index contributed by atoms with van der Waals surface area (Å²) in [5.41, 5.74) is 9.86. The molecule has 0 atom stereocenters. The van der Waals surface area contributed by atoms with E-state index in [4.69, 9.17) is 9.97 Å². The molecule has 3 aromatic heterocycles. The summed E-state index contributed by atoms with van der Waals surface area (Å²) in [6.45, 7) is 4.61. The van der Waals surface area contributed by atoms with Gasteiger partial charge < -0.3 is 0 Å². The van der Waals surface area contributed by atoms with Gasteiger partial charge in [0.1, 0.15) is 0 Å². The minimum atomic E-state index is -0.226. The summed E-state index contributed by atoms with van der Waals surface area (Å²) in [5, 5.41) is 2.57. The van der Waals surface area contributed by atoms with Gasteiger partial charge in [0, 0.05) is 65.8 Å². The van der Waals surface area contributed by atoms with Gasteiger partial charge in [0.05, 0.1) is 11.4 Å². The molecule has 0 amide bonds. The summed E-state index contributed by atoms with van der Waals surface area (Å²) in [6.07, 6.45) is 3.70. The number of fused-ring (bicyclic) bond motifs is 6. The molecule has 0 spiro atoms. The van der Waals surface area contributed by atoms with Crippen LogP contribution in [0.1, 0.15) is 25.0 Å². The van der Waals surface area contributed by atoms with E-state index in [1.54, 1.807) is 6.20 Å². The predicted octanol–water partition coefficient (Wildman–Crippen LogP) is 9.55. The van der Waals surface area contributed by atoms with E-state index in [2.05, 4.69) is 116 Å². The molecule has 0 saturated carbocycles. The van der Waals surface area contributed by atoms with Crippen molar-refractivity contribution in [3.63, 3.8) is 0 Å². The molecule has 0 aliphatic heterocycles. The van der Waals surface area contributed by atoms with Crippen molar-refractivity contribution in [3.05, 3.63) is 127 Å². The number of rotatable bonds is 3. The Morgan fingerprint density at radius 2 is 1.32 bits per heavy atom. The molecule has 1 aliphatic rings. The second-order valence-electron chi connectivity index (χ2n) is 10.9. The highest BCUT2D eigenvalue weighted by atomic mass is 32.1. The smallest absolute Gasteiger partial charge is 0.160 e. The summed E-state index contributed by atoms with van der Waals surface area (Å²) >= 11 is 1.85. The SMILES string of the molecule is CC1(C)c2ccccc2-c2nc(-c3cccc(-c4cccnc4)c3)nc(-c3cccc4c3sc3ccccc34)c21. The molecule has 0 saturated heterocycles. The highest BCUT2D eigenvalue weighted by Gasteiger charge is 2.40. The molecule has 0 unspecified atom stereocenters. The number of hydrogen-bond acceptors (Lipinski definition) is 4. The van der Waals surface area contributed by atoms with E-state index in [1.165, 1.54) is 42.4 Å². The van der Waals surface area contributed by atoms with Gasteiger partial charge in [-0.15, -0.1) is 11.3 Å². The van der Waals surface area contributed by atoms with Gasteiger partial charge in [-0.3, -0.25) is 4.98 Å². The third-order valence-electron chi connectivity index (χ3n) is 8.16. The first kappa shape index (κ1) is 23.2. The van der Waals surface area contributed by atoms with Crippen LogP contribution in [0.15, 0.2) is 116 Å². The van der Waals surface area contributed by atoms with Crippen LogP contribution >= 0.6 is 11.3 Å². The number of pyridine rings is 1. The van der Waals surface area contributed by atoms with Crippen molar-refractivity contribution >= 4 is 31.5 Å². The van der Waals surface area contributed by atoms with Crippen LogP contribution in [0.2, 0.25) is 0 Å². The van der Waals surface area contributed by atoms with E-state index in [0.717, 1.165) is 33.9 Å². The van der Waals surface area contributed by atoms with Gasteiger partial charge in [0.2, 0.25) is 0 Å². The quantitative estimate of drug-likeness (QED) is 0.228. The number of nitrogens with zero attached hydrogens (tertiary/aromatic N) is 3. The van der Waals surface area contributed by atoms with E-state index < -0.39 is 0 Å². The lowest BCUT2D eigenvalue weighted by molar-refractivity contribution is 0.658. The van der Waals surface area contributed by atoms with Gasteiger partial charge >= 0.3 is 0 Å². The van der Waals surface area contributed by atoms with Gasteiger partial charge in [-0.2, -0.15) is 0 Å². The lowest BCUT2D eigenvalue weighted by atomic mass is 9.80. The highest BCUT2D eigenvalue weighted by Crippen LogP contribution is 2.52. The molecule has 190 valence electrons. The standard InChI is InChI=1S/C36H25N3S/c1-36(2)29-17-5-3-14-27(29)32-31(36)33(28-16-8-15-26-25-13-4-6-18-30(25)40-34(26)28)39-35(38-32)23-11-7-10-22(20-23)24-12-9-19-37-21-24/h3-21H,1-2H3. The number of aromatic nitrogens is 3. The van der Waals surface area contributed by atoms with E-state index in [0.29, 0.717) is 0 Å². The first-order valence-electron chi connectivity index (χ1n) is 13.5. The van der Waals surface area contributed by atoms with Crippen molar-refractivity contribution in [2.75, 3.05) is 0 Å². The maximum absolute atomic E-state index is 5.40. The van der Waals surface area contributed by atoms with Crippen LogP contribution in [0, 0.1) is 0 Å². The first-order valence-corrected chi connectivity index (χ1v) is 14.3. The Morgan fingerprint density at radius 3 is 2.20 bits per heavy atom. The van der Waals surface area contributed by atoms with Gasteiger partial charge in [0.15, 0.2) is 5.82 Å². The second kappa shape index (κ2) is 8.67. The van der Waals surface area contributed by atoms with Crippen LogP contribution < -0.4 is 0 Å². The molecule has 0 fully saturated rings. The topological polar surface area (TPSA) is 38.7 Å². The Kier molecular flexibility index (Phi) is 5.04. The Bertz CT molecular complexity index is 2090. The Morgan fingerprint density at radius 1 is 0.625 bits per heavy atom. The fraction of sp³-hybridized carbons (Fsp3) is 0.0833. The van der Waals surface area contributed by atoms with E-state index >= 15 is 0 Å². The monoisotopic (exact) mass is 531 g/mol. The average molecular weight is 532 g/mol. The number of hydrogen-bond donors (Lipinski definition) is 0. The van der Waals surface area contributed by atoms with Crippen LogP contribution in [-0.2, 0) is 5.41 Å². The number of thiophene rings is 1. The maximum Gasteiger partial charge on any atom is 0.160 e. The van der Waals surface area contributed by atoms with E-state index in [1.807, 2.05) is 23.6 Å². The summed E-state index contributed by atoms with van der Waals surface area (Å²) in [6, 6.07) is 36.5. The molecule has 3 heterocycles. The van der Waals surface area contributed by atoms with Crippen molar-refractivity contribution in [3.8, 4) is 45.0 Å². The van der Waals surface area contributed by atoms with Gasteiger partial charge in [-0.05, 0) is 29.3 Å². The Hall–Kier alpha value is -4.67. The van der Waals surface area contributed by atoms with Crippen LogP contribution in [0.3, 0.4) is 0 Å². The fourth-order valence-electron chi connectivity index (χ4n) is 6.25. The van der Waals surface area contributed by atoms with Crippen LogP contribution in [0.4, 0.5) is 0 Å². The van der Waals surface area contributed by atoms with Crippen LogP contribution in [0.5, 0.6) is 0 Å². The minimum Gasteiger partial charge on any atom is -0.264 e. The van der Waals surface area contributed by atoms with E-state index in [-0.39, 0.29) is 5.41 Å². The largest absolute Gasteiger partial charge is 0.264 e. The zero-order chi connectivity index (χ0) is 26.8. The van der Waals surface area contributed by atoms with Crippen molar-refractivity contribution in [2.24, 2.45) is 0 Å². The molecule has 0 N–H and O–H groups in total. The second-order valence-corrected chi connectivity index (χ2v) is 11.9. The molecular weight excluding hydrogens is 506 g/mol. The maximum atomic E-state index is 5.40. The first-order chi connectivity index (χ1) is 19.6. The summed E-state index contributed by atoms with van der Waals surface area (Å²) in [7, 11) is 0. The van der Waals surface area contributed by atoms with Crippen molar-refractivity contribution in [2.45, 2.75) is 19.3 Å². The molecule has 3 nitrogen and oxygen atoms in total. The lowest BCUT2D eigenvalue weighted by Crippen LogP contribution is -2.17. The van der Waals surface area contributed by atoms with Gasteiger partial charge in [-0.25, -0.2) is 9.97 Å². The summed E-state index contributed by atoms with van der Waals surface area (Å²) in [5.74, 6) is 0.741. The molecule has 0 radical (unpaired) electrons. The summed E-state index contributed by atoms with van der Waals surface area (Å²) in [4.78, 5) is 15.0. The Balaban J connectivity index is 1.44. The zero-order valence-electron chi connectivity index (χ0n) is 22.2. The predicted molar refractivity (Wildman–Crippen MR) is 167 cm³/mol. The van der Waals surface area contributed by atoms with Crippen LogP contribution in [0.25, 0.3) is 65.2 Å². The third kappa shape index (κ3) is 3.39. The highest BCUT2D eigenvalue weighted by molar-refractivity contribution is 7.26. The average Bonchev–Trinajstić information content (AvgIpc) is 3.50. The number of benzene rings is 4. The van der Waals surface area contributed by atoms with E-state index in [9.17, 15) is 0 Å². The Labute approximate surface area is 236 Å². The minimum absolute atomic E-state index is 0.226. The molecule has 8 rings (SSSR count). The van der Waals surface area contributed by atoms with Gasteiger partial charge in [0.25, 0.3) is 0 Å². The molecule has 0 bridgehead atoms. The lowest BCUT2D eigenvalue weighted by Gasteiger charge is -2.24. The van der Waals surface area contributed by atoms with Crippen molar-refractivity contribution in [1.82, 2.24) is 15.0 Å². The summed E-state index contributed by atoms with van der Waals surface area (Å²) < 4.78 is 2.56. The van der Waals surface area contributed by atoms with Crippen LogP contribution in [-0.4, -0.2) is 15.0 Å². The third-order valence-corrected chi connectivity index (χ3v) is 9.38. The molecule has 40 heavy (non-hydrogen) atoms. The molecular formula is C36H25N3S. The normalized spacial score (nSPS) is 13.4. The zero-order valence-corrected chi connectivity index (χ0v) is 23.0. The molecule has 1 aliphatic carbocycles. The van der Waals surface area contributed by atoms with Gasteiger partial charge in [-0.1, -0.05) is 98.8 Å². The van der Waals surface area contributed by atoms with Crippen molar-refractivity contribution in [1.29, 1.82) is 0 Å². The fourth-order valence-corrected chi connectivity index (χ4v) is 7.46. The molecule has 7 aromatic rings. The molecule has 4 heteroatoms.